The topological polar surface area (TPSA) is 104 Å². The van der Waals surface area contributed by atoms with Crippen LogP contribution < -0.4 is 4.74 Å². The number of aromatic nitrogens is 3. The quantitative estimate of drug-likeness (QED) is 0.543. The van der Waals surface area contributed by atoms with Crippen molar-refractivity contribution in [3.8, 4) is 23.3 Å². The normalized spacial score (nSPS) is 16.1. The number of hydrogen-bond acceptors (Lipinski definition) is 7. The fourth-order valence-electron chi connectivity index (χ4n) is 5.02. The van der Waals surface area contributed by atoms with Gasteiger partial charge in [0.05, 0.1) is 11.9 Å². The maximum absolute atomic E-state index is 12.6. The van der Waals surface area contributed by atoms with Crippen LogP contribution in [0.15, 0.2) is 36.7 Å². The summed E-state index contributed by atoms with van der Waals surface area (Å²) < 4.78 is 6.89. The van der Waals surface area contributed by atoms with Crippen molar-refractivity contribution in [1.82, 2.24) is 24.3 Å². The highest BCUT2D eigenvalue weighted by molar-refractivity contribution is 5.70. The van der Waals surface area contributed by atoms with Crippen LogP contribution in [0.2, 0.25) is 0 Å². The number of rotatable bonds is 6. The lowest BCUT2D eigenvalue weighted by Gasteiger charge is -2.33. The first-order chi connectivity index (χ1) is 17.5. The second-order valence-electron chi connectivity index (χ2n) is 9.63. The molecule has 9 heteroatoms. The Morgan fingerprint density at radius 2 is 1.67 bits per heavy atom. The van der Waals surface area contributed by atoms with Crippen molar-refractivity contribution in [2.45, 2.75) is 45.4 Å². The highest BCUT2D eigenvalue weighted by atomic mass is 16.6. The molecule has 0 bridgehead atoms. The molecule has 0 spiro atoms. The summed E-state index contributed by atoms with van der Waals surface area (Å²) in [5, 5.41) is 21.2. The van der Waals surface area contributed by atoms with E-state index in [0.717, 1.165) is 75.0 Å². The van der Waals surface area contributed by atoms with Crippen LogP contribution in [0.1, 0.15) is 41.6 Å². The number of aryl methyl sites for hydroxylation is 2. The molecule has 1 aliphatic heterocycles. The van der Waals surface area contributed by atoms with E-state index < -0.39 is 6.09 Å². The van der Waals surface area contributed by atoms with Gasteiger partial charge in [-0.3, -0.25) is 9.88 Å². The summed E-state index contributed by atoms with van der Waals surface area (Å²) in [6.45, 7) is 5.84. The predicted molar refractivity (Wildman–Crippen MR) is 135 cm³/mol. The van der Waals surface area contributed by atoms with Crippen molar-refractivity contribution in [3.05, 3.63) is 59.0 Å². The minimum atomic E-state index is -0.416. The van der Waals surface area contributed by atoms with E-state index in [2.05, 4.69) is 27.0 Å². The van der Waals surface area contributed by atoms with E-state index in [1.54, 1.807) is 17.0 Å². The Hall–Kier alpha value is -3.59. The smallest absolute Gasteiger partial charge is 0.416 e. The van der Waals surface area contributed by atoms with Gasteiger partial charge in [0, 0.05) is 55.3 Å². The minimum absolute atomic E-state index is 0.0572. The monoisotopic (exact) mass is 491 g/mol. The standard InChI is InChI=1S/C27H33N5O4/c1-19-8-9-20(28-17-19)5-4-12-30-13-15-31(16-14-30)27(35)36-24-11-10-21(18-29-24)32-25(33)22-6-2-3-7-23(22)26(32)34/h8-11,17-18,33-34H,2-7,12-16H2,1H3. The van der Waals surface area contributed by atoms with Gasteiger partial charge in [0.15, 0.2) is 0 Å². The molecule has 1 amide bonds. The average molecular weight is 492 g/mol. The van der Waals surface area contributed by atoms with Gasteiger partial charge < -0.3 is 19.8 Å². The van der Waals surface area contributed by atoms with Gasteiger partial charge in [-0.2, -0.15) is 0 Å². The van der Waals surface area contributed by atoms with Gasteiger partial charge in [-0.15, -0.1) is 0 Å². The van der Waals surface area contributed by atoms with Gasteiger partial charge >= 0.3 is 6.09 Å². The Labute approximate surface area is 211 Å². The number of aromatic hydroxyl groups is 2. The zero-order chi connectivity index (χ0) is 25.1. The zero-order valence-corrected chi connectivity index (χ0v) is 20.7. The molecule has 9 nitrogen and oxygen atoms in total. The maximum Gasteiger partial charge on any atom is 0.416 e. The second-order valence-corrected chi connectivity index (χ2v) is 9.63. The fourth-order valence-corrected chi connectivity index (χ4v) is 5.02. The van der Waals surface area contributed by atoms with Gasteiger partial charge in [-0.25, -0.2) is 14.3 Å². The summed E-state index contributed by atoms with van der Waals surface area (Å²) in [6.07, 6.45) is 8.46. The van der Waals surface area contributed by atoms with E-state index in [9.17, 15) is 15.0 Å². The molecule has 3 aromatic rings. The van der Waals surface area contributed by atoms with E-state index in [0.29, 0.717) is 18.8 Å². The molecule has 3 aromatic heterocycles. The molecular formula is C27H33N5O4. The molecule has 36 heavy (non-hydrogen) atoms. The second kappa shape index (κ2) is 10.6. The van der Waals surface area contributed by atoms with Crippen LogP contribution >= 0.6 is 0 Å². The zero-order valence-electron chi connectivity index (χ0n) is 20.7. The molecule has 1 fully saturated rings. The lowest BCUT2D eigenvalue weighted by atomic mass is 9.95. The first-order valence-corrected chi connectivity index (χ1v) is 12.7. The van der Waals surface area contributed by atoms with Crippen molar-refractivity contribution in [2.24, 2.45) is 0 Å². The Balaban J connectivity index is 1.11. The van der Waals surface area contributed by atoms with Crippen LogP contribution in [0.5, 0.6) is 17.6 Å². The number of carbonyl (C=O) groups is 1. The van der Waals surface area contributed by atoms with Crippen LogP contribution in [0.3, 0.4) is 0 Å². The lowest BCUT2D eigenvalue weighted by molar-refractivity contribution is 0.109. The highest BCUT2D eigenvalue weighted by Gasteiger charge is 2.26. The van der Waals surface area contributed by atoms with Gasteiger partial charge in [0.25, 0.3) is 0 Å². The molecule has 0 saturated carbocycles. The van der Waals surface area contributed by atoms with E-state index in [1.165, 1.54) is 16.3 Å². The van der Waals surface area contributed by atoms with Crippen molar-refractivity contribution < 1.29 is 19.7 Å². The lowest BCUT2D eigenvalue weighted by Crippen LogP contribution is -2.49. The van der Waals surface area contributed by atoms with E-state index in [-0.39, 0.29) is 17.6 Å². The molecule has 190 valence electrons. The van der Waals surface area contributed by atoms with Crippen LogP contribution in [-0.4, -0.2) is 73.4 Å². The van der Waals surface area contributed by atoms with E-state index >= 15 is 0 Å². The van der Waals surface area contributed by atoms with Crippen LogP contribution in [0, 0.1) is 6.92 Å². The number of hydrogen-bond donors (Lipinski definition) is 2. The Morgan fingerprint density at radius 1 is 0.944 bits per heavy atom. The predicted octanol–water partition coefficient (Wildman–Crippen LogP) is 3.61. The van der Waals surface area contributed by atoms with Crippen LogP contribution in [-0.2, 0) is 19.3 Å². The van der Waals surface area contributed by atoms with Crippen molar-refractivity contribution in [3.63, 3.8) is 0 Å². The number of nitrogens with zero attached hydrogens (tertiary/aromatic N) is 5. The van der Waals surface area contributed by atoms with Crippen molar-refractivity contribution >= 4 is 6.09 Å². The molecule has 0 radical (unpaired) electrons. The summed E-state index contributed by atoms with van der Waals surface area (Å²) in [5.74, 6) is 0.302. The SMILES string of the molecule is Cc1ccc(CCCN2CCN(C(=O)Oc3ccc(-n4c(O)c5c(c4O)CCCC5)cn3)CC2)nc1. The first-order valence-electron chi connectivity index (χ1n) is 12.7. The number of piperazine rings is 1. The molecule has 2 N–H and O–H groups in total. The molecule has 1 saturated heterocycles. The van der Waals surface area contributed by atoms with Gasteiger partial charge in [-0.1, -0.05) is 6.07 Å². The molecule has 0 unspecified atom stereocenters. The summed E-state index contributed by atoms with van der Waals surface area (Å²) in [6, 6.07) is 7.44. The van der Waals surface area contributed by atoms with Crippen LogP contribution in [0.4, 0.5) is 4.79 Å². The third-order valence-corrected chi connectivity index (χ3v) is 7.11. The molecule has 0 aromatic carbocycles. The summed E-state index contributed by atoms with van der Waals surface area (Å²) in [7, 11) is 0. The van der Waals surface area contributed by atoms with E-state index in [4.69, 9.17) is 4.74 Å². The highest BCUT2D eigenvalue weighted by Crippen LogP contribution is 2.40. The molecule has 1 aliphatic carbocycles. The maximum atomic E-state index is 12.6. The Bertz CT molecular complexity index is 1170. The Kier molecular flexibility index (Phi) is 7.09. The molecule has 4 heterocycles. The summed E-state index contributed by atoms with van der Waals surface area (Å²) >= 11 is 0. The molecule has 5 rings (SSSR count). The number of fused-ring (bicyclic) bond motifs is 1. The number of pyridine rings is 2. The Morgan fingerprint density at radius 3 is 2.28 bits per heavy atom. The van der Waals surface area contributed by atoms with Gasteiger partial charge in [0.2, 0.25) is 17.6 Å². The number of carbonyl (C=O) groups excluding carboxylic acids is 1. The largest absolute Gasteiger partial charge is 0.494 e. The number of amides is 1. The van der Waals surface area contributed by atoms with Crippen LogP contribution in [0.25, 0.3) is 5.69 Å². The third kappa shape index (κ3) is 5.16. The van der Waals surface area contributed by atoms with Crippen molar-refractivity contribution in [2.75, 3.05) is 32.7 Å². The third-order valence-electron chi connectivity index (χ3n) is 7.11. The summed E-state index contributed by atoms with van der Waals surface area (Å²) in [5.41, 5.74) is 4.42. The molecule has 0 atom stereocenters. The first kappa shape index (κ1) is 24.1. The van der Waals surface area contributed by atoms with E-state index in [1.807, 2.05) is 13.1 Å². The number of ether oxygens (including phenoxy) is 1. The van der Waals surface area contributed by atoms with Gasteiger partial charge in [-0.05, 0) is 69.7 Å². The minimum Gasteiger partial charge on any atom is -0.494 e. The molecular weight excluding hydrogens is 458 g/mol. The van der Waals surface area contributed by atoms with Crippen molar-refractivity contribution in [1.29, 1.82) is 0 Å². The average Bonchev–Trinajstić information content (AvgIpc) is 3.16. The summed E-state index contributed by atoms with van der Waals surface area (Å²) in [4.78, 5) is 25.4. The van der Waals surface area contributed by atoms with Gasteiger partial charge in [0.1, 0.15) is 0 Å². The molecule has 2 aliphatic rings. The fraction of sp³-hybridized carbons (Fsp3) is 0.444.